The average molecular weight is 425 g/mol. The summed E-state index contributed by atoms with van der Waals surface area (Å²) in [6, 6.07) is 8.35. The number of ether oxygens (including phenoxy) is 1. The smallest absolute Gasteiger partial charge is 0.416 e. The van der Waals surface area contributed by atoms with Crippen LogP contribution in [0.25, 0.3) is 10.9 Å². The van der Waals surface area contributed by atoms with Crippen molar-refractivity contribution in [3.05, 3.63) is 48.0 Å². The number of alkyl halides is 3. The van der Waals surface area contributed by atoms with E-state index in [0.29, 0.717) is 16.7 Å². The number of halogens is 3. The van der Waals surface area contributed by atoms with Gasteiger partial charge in [-0.1, -0.05) is 0 Å². The summed E-state index contributed by atoms with van der Waals surface area (Å²) >= 11 is 0. The zero-order valence-corrected chi connectivity index (χ0v) is 16.0. The maximum atomic E-state index is 13.0. The third-order valence-corrected chi connectivity index (χ3v) is 6.58. The van der Waals surface area contributed by atoms with Crippen LogP contribution in [0.15, 0.2) is 52.4 Å². The Labute approximate surface area is 165 Å². The number of nitrogens with one attached hydrogen (secondary N) is 2. The molecule has 0 radical (unpaired) electrons. The van der Waals surface area contributed by atoms with E-state index in [4.69, 9.17) is 4.74 Å². The van der Waals surface area contributed by atoms with Gasteiger partial charge in [0.25, 0.3) is 0 Å². The van der Waals surface area contributed by atoms with Gasteiger partial charge in [-0.05, 0) is 68.4 Å². The molecule has 0 aliphatic carbocycles. The third kappa shape index (κ3) is 3.95. The summed E-state index contributed by atoms with van der Waals surface area (Å²) in [7, 11) is -4.09. The molecule has 1 fully saturated rings. The van der Waals surface area contributed by atoms with Gasteiger partial charge in [0.2, 0.25) is 9.84 Å². The van der Waals surface area contributed by atoms with Crippen LogP contribution in [0, 0.1) is 0 Å². The number of piperidine rings is 1. The molecule has 10 heteroatoms. The Morgan fingerprint density at radius 2 is 1.72 bits per heavy atom. The Bertz CT molecular complexity index is 1120. The lowest BCUT2D eigenvalue weighted by molar-refractivity contribution is -0.137. The van der Waals surface area contributed by atoms with Crippen LogP contribution < -0.4 is 10.1 Å². The molecule has 6 nitrogen and oxygen atoms in total. The van der Waals surface area contributed by atoms with E-state index in [9.17, 15) is 21.6 Å². The Balaban J connectivity index is 1.67. The van der Waals surface area contributed by atoms with Gasteiger partial charge in [0.15, 0.2) is 5.03 Å². The van der Waals surface area contributed by atoms with Crippen LogP contribution in [-0.4, -0.2) is 37.8 Å². The molecule has 0 atom stereocenters. The Morgan fingerprint density at radius 3 is 2.38 bits per heavy atom. The zero-order valence-electron chi connectivity index (χ0n) is 15.2. The lowest BCUT2D eigenvalue weighted by Gasteiger charge is -2.23. The van der Waals surface area contributed by atoms with Crippen LogP contribution in [-0.2, 0) is 16.0 Å². The van der Waals surface area contributed by atoms with E-state index in [1.807, 2.05) is 0 Å². The normalized spacial score (nSPS) is 16.2. The first-order valence-corrected chi connectivity index (χ1v) is 10.5. The van der Waals surface area contributed by atoms with E-state index in [2.05, 4.69) is 15.5 Å². The molecule has 0 saturated carbocycles. The highest BCUT2D eigenvalue weighted by molar-refractivity contribution is 7.91. The van der Waals surface area contributed by atoms with Crippen molar-refractivity contribution < 1.29 is 26.3 Å². The number of nitrogens with zero attached hydrogens (tertiary/aromatic N) is 1. The van der Waals surface area contributed by atoms with E-state index >= 15 is 0 Å². The first kappa shape index (κ1) is 19.7. The first-order chi connectivity index (χ1) is 13.7. The molecular formula is C19H18F3N3O3S. The molecule has 2 N–H and O–H groups in total. The predicted octanol–water partition coefficient (Wildman–Crippen LogP) is 3.55. The fraction of sp³-hybridized carbons (Fsp3) is 0.316. The molecule has 4 rings (SSSR count). The predicted molar refractivity (Wildman–Crippen MR) is 99.5 cm³/mol. The maximum Gasteiger partial charge on any atom is 0.416 e. The lowest BCUT2D eigenvalue weighted by atomic mass is 10.1. The van der Waals surface area contributed by atoms with Gasteiger partial charge in [0.05, 0.1) is 16.0 Å². The van der Waals surface area contributed by atoms with Gasteiger partial charge < -0.3 is 10.1 Å². The van der Waals surface area contributed by atoms with Crippen molar-refractivity contribution in [3.63, 3.8) is 0 Å². The molecule has 0 spiro atoms. The van der Waals surface area contributed by atoms with Crippen LogP contribution in [0.2, 0.25) is 0 Å². The number of hydrogen-bond acceptors (Lipinski definition) is 5. The lowest BCUT2D eigenvalue weighted by Crippen LogP contribution is -2.34. The highest BCUT2D eigenvalue weighted by Crippen LogP contribution is 2.33. The number of aromatic amines is 1. The number of rotatable bonds is 4. The largest absolute Gasteiger partial charge is 0.490 e. The second-order valence-corrected chi connectivity index (χ2v) is 8.71. The average Bonchev–Trinajstić information content (AvgIpc) is 3.12. The minimum absolute atomic E-state index is 0.0376. The molecule has 3 aromatic rings. The Hall–Kier alpha value is -2.59. The second kappa shape index (κ2) is 7.34. The Kier molecular flexibility index (Phi) is 4.99. The van der Waals surface area contributed by atoms with Gasteiger partial charge in [-0.15, -0.1) is 0 Å². The molecule has 1 saturated heterocycles. The highest BCUT2D eigenvalue weighted by Gasteiger charge is 2.31. The molecule has 154 valence electrons. The minimum atomic E-state index is -4.54. The molecule has 1 aliphatic rings. The van der Waals surface area contributed by atoms with Gasteiger partial charge >= 0.3 is 6.18 Å². The van der Waals surface area contributed by atoms with Gasteiger partial charge in [-0.3, -0.25) is 5.10 Å². The Morgan fingerprint density at radius 1 is 1.03 bits per heavy atom. The minimum Gasteiger partial charge on any atom is -0.490 e. The van der Waals surface area contributed by atoms with Crippen LogP contribution in [0.4, 0.5) is 13.2 Å². The number of hydrogen-bond donors (Lipinski definition) is 2. The quantitative estimate of drug-likeness (QED) is 0.668. The van der Waals surface area contributed by atoms with Gasteiger partial charge in [0.1, 0.15) is 11.9 Å². The number of aromatic nitrogens is 2. The summed E-state index contributed by atoms with van der Waals surface area (Å²) in [4.78, 5) is -0.249. The van der Waals surface area contributed by atoms with Crippen molar-refractivity contribution in [2.24, 2.45) is 0 Å². The standard InChI is InChI=1S/C19H18F3N3O3S/c20-19(21,22)12-1-4-15(5-2-12)29(26,27)18-16-11-14(3-6-17(16)24-25-18)28-13-7-9-23-10-8-13/h1-6,11,13,23H,7-10H2,(H,24,25). The van der Waals surface area contributed by atoms with E-state index in [1.54, 1.807) is 18.2 Å². The molecule has 29 heavy (non-hydrogen) atoms. The molecule has 0 unspecified atom stereocenters. The first-order valence-electron chi connectivity index (χ1n) is 9.03. The summed E-state index contributed by atoms with van der Waals surface area (Å²) in [6.07, 6.45) is -2.81. The summed E-state index contributed by atoms with van der Waals surface area (Å²) in [5, 5.41) is 9.90. The van der Waals surface area contributed by atoms with Crippen LogP contribution in [0.5, 0.6) is 5.75 Å². The molecule has 1 aromatic heterocycles. The summed E-state index contributed by atoms with van der Waals surface area (Å²) in [5.41, 5.74) is -0.489. The molecule has 2 heterocycles. The van der Waals surface area contributed by atoms with Crippen molar-refractivity contribution in [3.8, 4) is 5.75 Å². The topological polar surface area (TPSA) is 84.1 Å². The third-order valence-electron chi connectivity index (χ3n) is 4.84. The molecular weight excluding hydrogens is 407 g/mol. The summed E-state index contributed by atoms with van der Waals surface area (Å²) in [6.45, 7) is 1.71. The monoisotopic (exact) mass is 425 g/mol. The summed E-state index contributed by atoms with van der Waals surface area (Å²) < 4.78 is 70.2. The van der Waals surface area contributed by atoms with E-state index < -0.39 is 21.6 Å². The number of sulfone groups is 1. The van der Waals surface area contributed by atoms with E-state index in [-0.39, 0.29) is 16.0 Å². The number of fused-ring (bicyclic) bond motifs is 1. The van der Waals surface area contributed by atoms with Crippen LogP contribution in [0.1, 0.15) is 18.4 Å². The second-order valence-electron chi connectivity index (χ2n) is 6.82. The van der Waals surface area contributed by atoms with Crippen molar-refractivity contribution in [1.29, 1.82) is 0 Å². The van der Waals surface area contributed by atoms with Crippen molar-refractivity contribution in [2.45, 2.75) is 35.0 Å². The molecule has 0 bridgehead atoms. The SMILES string of the molecule is O=S(=O)(c1ccc(C(F)(F)F)cc1)c1[nH]nc2ccc(OC3CCNCC3)cc12. The number of benzene rings is 2. The van der Waals surface area contributed by atoms with E-state index in [0.717, 1.165) is 50.2 Å². The van der Waals surface area contributed by atoms with Crippen LogP contribution >= 0.6 is 0 Å². The van der Waals surface area contributed by atoms with E-state index in [1.165, 1.54) is 0 Å². The van der Waals surface area contributed by atoms with Gasteiger partial charge in [0, 0.05) is 5.39 Å². The van der Waals surface area contributed by atoms with Crippen molar-refractivity contribution in [1.82, 2.24) is 15.5 Å². The van der Waals surface area contributed by atoms with Crippen molar-refractivity contribution in [2.75, 3.05) is 13.1 Å². The maximum absolute atomic E-state index is 13.0. The molecule has 1 aliphatic heterocycles. The van der Waals surface area contributed by atoms with Crippen LogP contribution in [0.3, 0.4) is 0 Å². The fourth-order valence-electron chi connectivity index (χ4n) is 3.29. The van der Waals surface area contributed by atoms with Crippen molar-refractivity contribution >= 4 is 20.7 Å². The fourth-order valence-corrected chi connectivity index (χ4v) is 4.64. The highest BCUT2D eigenvalue weighted by atomic mass is 32.2. The van der Waals surface area contributed by atoms with Gasteiger partial charge in [-0.25, -0.2) is 8.42 Å². The zero-order chi connectivity index (χ0) is 20.6. The van der Waals surface area contributed by atoms with Gasteiger partial charge in [-0.2, -0.15) is 18.3 Å². The number of H-pyrrole nitrogens is 1. The molecule has 2 aromatic carbocycles. The molecule has 0 amide bonds. The summed E-state index contributed by atoms with van der Waals surface area (Å²) in [5.74, 6) is 0.523.